The van der Waals surface area contributed by atoms with Gasteiger partial charge in [-0.1, -0.05) is 6.07 Å². The SMILES string of the molecule is COc1ccc(CNC(=O)CCC2CCCO2)cn1. The van der Waals surface area contributed by atoms with Crippen molar-refractivity contribution in [2.75, 3.05) is 13.7 Å². The van der Waals surface area contributed by atoms with Crippen molar-refractivity contribution < 1.29 is 14.3 Å². The smallest absolute Gasteiger partial charge is 0.220 e. The van der Waals surface area contributed by atoms with Crippen LogP contribution < -0.4 is 10.1 Å². The number of aromatic nitrogens is 1. The lowest BCUT2D eigenvalue weighted by molar-refractivity contribution is -0.121. The van der Waals surface area contributed by atoms with Gasteiger partial charge in [0, 0.05) is 31.8 Å². The summed E-state index contributed by atoms with van der Waals surface area (Å²) < 4.78 is 10.5. The van der Waals surface area contributed by atoms with Gasteiger partial charge in [-0.3, -0.25) is 4.79 Å². The molecule has 0 aliphatic carbocycles. The third kappa shape index (κ3) is 4.52. The van der Waals surface area contributed by atoms with Crippen LogP contribution in [0.2, 0.25) is 0 Å². The second-order valence-corrected chi connectivity index (χ2v) is 4.66. The van der Waals surface area contributed by atoms with Crippen LogP contribution in [0.4, 0.5) is 0 Å². The molecule has 0 spiro atoms. The maximum absolute atomic E-state index is 11.7. The fourth-order valence-electron chi connectivity index (χ4n) is 2.09. The highest BCUT2D eigenvalue weighted by Crippen LogP contribution is 2.16. The summed E-state index contributed by atoms with van der Waals surface area (Å²) in [5, 5.41) is 2.89. The Morgan fingerprint density at radius 1 is 1.58 bits per heavy atom. The largest absolute Gasteiger partial charge is 0.481 e. The molecule has 19 heavy (non-hydrogen) atoms. The molecule has 1 fully saturated rings. The average molecular weight is 264 g/mol. The molecule has 1 aliphatic rings. The molecule has 1 atom stereocenters. The number of nitrogens with one attached hydrogen (secondary N) is 1. The Kier molecular flexibility index (Phi) is 5.15. The molecular weight excluding hydrogens is 244 g/mol. The van der Waals surface area contributed by atoms with Gasteiger partial charge in [-0.2, -0.15) is 0 Å². The topological polar surface area (TPSA) is 60.5 Å². The Balaban J connectivity index is 1.67. The van der Waals surface area contributed by atoms with E-state index in [1.807, 2.05) is 6.07 Å². The van der Waals surface area contributed by atoms with Crippen molar-refractivity contribution >= 4 is 5.91 Å². The van der Waals surface area contributed by atoms with Gasteiger partial charge in [0.05, 0.1) is 13.2 Å². The van der Waals surface area contributed by atoms with E-state index in [0.717, 1.165) is 31.4 Å². The molecule has 2 rings (SSSR count). The molecule has 0 bridgehead atoms. The van der Waals surface area contributed by atoms with Crippen molar-refractivity contribution in [1.82, 2.24) is 10.3 Å². The van der Waals surface area contributed by atoms with Crippen LogP contribution in [0.25, 0.3) is 0 Å². The standard InChI is InChI=1S/C14H20N2O3/c1-18-14-7-4-11(10-16-14)9-15-13(17)6-5-12-3-2-8-19-12/h4,7,10,12H,2-3,5-6,8-9H2,1H3,(H,15,17). The molecule has 1 aromatic heterocycles. The van der Waals surface area contributed by atoms with E-state index in [2.05, 4.69) is 10.3 Å². The van der Waals surface area contributed by atoms with Crippen molar-refractivity contribution in [1.29, 1.82) is 0 Å². The summed E-state index contributed by atoms with van der Waals surface area (Å²) in [6.45, 7) is 1.34. The Morgan fingerprint density at radius 2 is 2.47 bits per heavy atom. The van der Waals surface area contributed by atoms with Crippen LogP contribution >= 0.6 is 0 Å². The Hall–Kier alpha value is -1.62. The van der Waals surface area contributed by atoms with Crippen LogP contribution in [0, 0.1) is 0 Å². The lowest BCUT2D eigenvalue weighted by Crippen LogP contribution is -2.23. The summed E-state index contributed by atoms with van der Waals surface area (Å²) >= 11 is 0. The number of pyridine rings is 1. The Morgan fingerprint density at radius 3 is 3.11 bits per heavy atom. The summed E-state index contributed by atoms with van der Waals surface area (Å²) in [4.78, 5) is 15.8. The number of ether oxygens (including phenoxy) is 2. The molecule has 1 amide bonds. The summed E-state index contributed by atoms with van der Waals surface area (Å²) in [7, 11) is 1.58. The minimum Gasteiger partial charge on any atom is -0.481 e. The molecule has 1 saturated heterocycles. The molecule has 1 aromatic rings. The molecule has 0 aromatic carbocycles. The predicted octanol–water partition coefficient (Wildman–Crippen LogP) is 1.67. The first-order valence-electron chi connectivity index (χ1n) is 6.65. The van der Waals surface area contributed by atoms with E-state index in [-0.39, 0.29) is 12.0 Å². The van der Waals surface area contributed by atoms with Gasteiger partial charge in [-0.25, -0.2) is 4.98 Å². The van der Waals surface area contributed by atoms with Gasteiger partial charge < -0.3 is 14.8 Å². The van der Waals surface area contributed by atoms with Gasteiger partial charge in [0.2, 0.25) is 11.8 Å². The molecule has 2 heterocycles. The van der Waals surface area contributed by atoms with Crippen molar-refractivity contribution in [2.45, 2.75) is 38.3 Å². The normalized spacial score (nSPS) is 18.3. The minimum absolute atomic E-state index is 0.0614. The highest BCUT2D eigenvalue weighted by atomic mass is 16.5. The third-order valence-corrected chi connectivity index (χ3v) is 3.21. The molecule has 5 heteroatoms. The van der Waals surface area contributed by atoms with Crippen LogP contribution in [0.3, 0.4) is 0 Å². The number of hydrogen-bond acceptors (Lipinski definition) is 4. The van der Waals surface area contributed by atoms with E-state index in [1.165, 1.54) is 0 Å². The second kappa shape index (κ2) is 7.09. The number of hydrogen-bond donors (Lipinski definition) is 1. The van der Waals surface area contributed by atoms with Gasteiger partial charge in [0.25, 0.3) is 0 Å². The number of carbonyl (C=O) groups is 1. The molecule has 0 radical (unpaired) electrons. The number of carbonyl (C=O) groups excluding carboxylic acids is 1. The third-order valence-electron chi connectivity index (χ3n) is 3.21. The quantitative estimate of drug-likeness (QED) is 0.849. The van der Waals surface area contributed by atoms with E-state index in [9.17, 15) is 4.79 Å². The minimum atomic E-state index is 0.0614. The molecule has 1 N–H and O–H groups in total. The van der Waals surface area contributed by atoms with E-state index in [0.29, 0.717) is 18.8 Å². The number of methoxy groups -OCH3 is 1. The molecule has 0 saturated carbocycles. The molecule has 1 aliphatic heterocycles. The zero-order valence-electron chi connectivity index (χ0n) is 11.2. The fraction of sp³-hybridized carbons (Fsp3) is 0.571. The van der Waals surface area contributed by atoms with Gasteiger partial charge in [0.15, 0.2) is 0 Å². The first-order chi connectivity index (χ1) is 9.28. The lowest BCUT2D eigenvalue weighted by Gasteiger charge is -2.09. The van der Waals surface area contributed by atoms with E-state index >= 15 is 0 Å². The van der Waals surface area contributed by atoms with E-state index < -0.39 is 0 Å². The van der Waals surface area contributed by atoms with Crippen molar-refractivity contribution in [3.05, 3.63) is 23.9 Å². The lowest BCUT2D eigenvalue weighted by atomic mass is 10.1. The molecule has 104 valence electrons. The zero-order valence-corrected chi connectivity index (χ0v) is 11.2. The van der Waals surface area contributed by atoms with Crippen molar-refractivity contribution in [3.63, 3.8) is 0 Å². The van der Waals surface area contributed by atoms with Gasteiger partial charge in [-0.15, -0.1) is 0 Å². The maximum Gasteiger partial charge on any atom is 0.220 e. The molecule has 5 nitrogen and oxygen atoms in total. The van der Waals surface area contributed by atoms with Crippen LogP contribution in [0.1, 0.15) is 31.2 Å². The summed E-state index contributed by atoms with van der Waals surface area (Å²) in [6, 6.07) is 3.68. The molecule has 1 unspecified atom stereocenters. The highest BCUT2D eigenvalue weighted by molar-refractivity contribution is 5.75. The fourth-order valence-corrected chi connectivity index (χ4v) is 2.09. The zero-order chi connectivity index (χ0) is 13.5. The highest BCUT2D eigenvalue weighted by Gasteiger charge is 2.16. The van der Waals surface area contributed by atoms with Gasteiger partial charge in [0.1, 0.15) is 0 Å². The summed E-state index contributed by atoms with van der Waals surface area (Å²) in [6.07, 6.45) is 5.51. The monoisotopic (exact) mass is 264 g/mol. The number of rotatable bonds is 6. The van der Waals surface area contributed by atoms with Crippen LogP contribution in [-0.4, -0.2) is 30.7 Å². The van der Waals surface area contributed by atoms with Gasteiger partial charge in [-0.05, 0) is 24.8 Å². The Bertz CT molecular complexity index is 400. The van der Waals surface area contributed by atoms with Crippen molar-refractivity contribution in [2.24, 2.45) is 0 Å². The first-order valence-corrected chi connectivity index (χ1v) is 6.65. The molecular formula is C14H20N2O3. The van der Waals surface area contributed by atoms with Gasteiger partial charge >= 0.3 is 0 Å². The van der Waals surface area contributed by atoms with Crippen molar-refractivity contribution in [3.8, 4) is 5.88 Å². The average Bonchev–Trinajstić information content (AvgIpc) is 2.96. The number of amides is 1. The van der Waals surface area contributed by atoms with Crippen LogP contribution in [-0.2, 0) is 16.1 Å². The van der Waals surface area contributed by atoms with E-state index in [4.69, 9.17) is 9.47 Å². The summed E-state index contributed by atoms with van der Waals surface area (Å²) in [5.74, 6) is 0.639. The first kappa shape index (κ1) is 13.8. The van der Waals surface area contributed by atoms with E-state index in [1.54, 1.807) is 19.4 Å². The van der Waals surface area contributed by atoms with Crippen LogP contribution in [0.15, 0.2) is 18.3 Å². The van der Waals surface area contributed by atoms with Crippen LogP contribution in [0.5, 0.6) is 5.88 Å². The number of nitrogens with zero attached hydrogens (tertiary/aromatic N) is 1. The summed E-state index contributed by atoms with van der Waals surface area (Å²) in [5.41, 5.74) is 0.964. The maximum atomic E-state index is 11.7. The Labute approximate surface area is 113 Å². The second-order valence-electron chi connectivity index (χ2n) is 4.66. The predicted molar refractivity (Wildman–Crippen MR) is 70.8 cm³/mol.